The van der Waals surface area contributed by atoms with Crippen molar-refractivity contribution in [2.45, 2.75) is 95.8 Å². The first-order valence-corrected chi connectivity index (χ1v) is 14.9. The normalized spacial score (nSPS) is 26.7. The molecule has 1 aliphatic heterocycles. The molecule has 1 saturated heterocycles. The third-order valence-corrected chi connectivity index (χ3v) is 9.78. The van der Waals surface area contributed by atoms with Crippen molar-refractivity contribution in [1.82, 2.24) is 30.3 Å². The molecular weight excluding hydrogens is 509 g/mol. The maximum atomic E-state index is 15.3. The molecule has 9 nitrogen and oxygen atoms in total. The Morgan fingerprint density at radius 2 is 1.90 bits per heavy atom. The van der Waals surface area contributed by atoms with Crippen molar-refractivity contribution in [2.75, 3.05) is 5.32 Å². The molecule has 1 aromatic carbocycles. The van der Waals surface area contributed by atoms with E-state index >= 15 is 4.39 Å². The molecule has 3 aliphatic carbocycles. The van der Waals surface area contributed by atoms with E-state index in [9.17, 15) is 4.79 Å². The molecule has 3 saturated carbocycles. The van der Waals surface area contributed by atoms with E-state index in [1.807, 2.05) is 12.1 Å². The third-order valence-electron chi connectivity index (χ3n) is 9.78. The maximum Gasteiger partial charge on any atom is 0.427 e. The van der Waals surface area contributed by atoms with Gasteiger partial charge in [0.1, 0.15) is 17.2 Å². The van der Waals surface area contributed by atoms with Gasteiger partial charge in [0.2, 0.25) is 0 Å². The zero-order valence-corrected chi connectivity index (χ0v) is 23.3. The summed E-state index contributed by atoms with van der Waals surface area (Å²) in [5.74, 6) is 3.65. The third kappa shape index (κ3) is 4.50. The number of fused-ring (bicyclic) bond motifs is 1. The highest BCUT2D eigenvalue weighted by Gasteiger charge is 2.52. The fraction of sp³-hybridized carbons (Fsp3) is 0.600. The fourth-order valence-corrected chi connectivity index (χ4v) is 6.86. The smallest absolute Gasteiger partial charge is 0.365 e. The Balaban J connectivity index is 1.38. The van der Waals surface area contributed by atoms with Crippen LogP contribution in [-0.2, 0) is 16.8 Å². The van der Waals surface area contributed by atoms with Crippen LogP contribution in [0.2, 0.25) is 0 Å². The Hall–Kier alpha value is -3.27. The van der Waals surface area contributed by atoms with Gasteiger partial charge in [-0.15, -0.1) is 5.48 Å². The number of amides is 1. The minimum atomic E-state index is -0.675. The zero-order chi connectivity index (χ0) is 27.4. The largest absolute Gasteiger partial charge is 0.427 e. The van der Waals surface area contributed by atoms with E-state index in [4.69, 9.17) is 19.8 Å². The number of nitrogens with zero attached hydrogens (tertiary/aromatic N) is 4. The molecule has 212 valence electrons. The first-order chi connectivity index (χ1) is 19.4. The van der Waals surface area contributed by atoms with Gasteiger partial charge in [0, 0.05) is 18.2 Å². The molecule has 3 heterocycles. The van der Waals surface area contributed by atoms with Crippen molar-refractivity contribution < 1.29 is 14.0 Å². The van der Waals surface area contributed by atoms with E-state index in [0.717, 1.165) is 42.5 Å². The number of hydrogen-bond donors (Lipinski definition) is 3. The molecule has 2 atom stereocenters. The number of benzene rings is 1. The summed E-state index contributed by atoms with van der Waals surface area (Å²) >= 11 is 0. The summed E-state index contributed by atoms with van der Waals surface area (Å²) in [6.45, 7) is 5.36. The topological polar surface area (TPSA) is 106 Å². The van der Waals surface area contributed by atoms with Crippen LogP contribution in [0.15, 0.2) is 24.3 Å². The second kappa shape index (κ2) is 9.98. The van der Waals surface area contributed by atoms with Gasteiger partial charge in [-0.05, 0) is 69.3 Å². The van der Waals surface area contributed by atoms with Crippen molar-refractivity contribution in [3.05, 3.63) is 47.3 Å². The molecule has 2 aromatic heterocycles. The Kier molecular flexibility index (Phi) is 6.40. The van der Waals surface area contributed by atoms with Crippen molar-refractivity contribution in [2.24, 2.45) is 17.8 Å². The Labute approximate surface area is 233 Å². The standard InChI is InChI=1S/C30H38FN7O2/c1-17-10-12-19(13-11-17)16-38-23-24(32-18(2)20-6-5-7-20)33-26(27-36-29(39)40-37-27)34-25(23)35-28(38)30(14-15-30)21-8-3-4-9-22(21)31/h3-4,8-9,17-20,27,37H,5-7,10-16H2,1-2H3,(H,36,39)(H,32,33,34)/t17?,18-,19?,27?/m1/s1. The zero-order valence-electron chi connectivity index (χ0n) is 23.3. The van der Waals surface area contributed by atoms with Crippen LogP contribution < -0.4 is 16.1 Å². The number of hydroxylamine groups is 1. The summed E-state index contributed by atoms with van der Waals surface area (Å²) in [6.07, 6.45) is 8.88. The quantitative estimate of drug-likeness (QED) is 0.331. The van der Waals surface area contributed by atoms with Gasteiger partial charge in [0.25, 0.3) is 0 Å². The molecule has 4 aliphatic rings. The second-order valence-corrected chi connectivity index (χ2v) is 12.5. The Morgan fingerprint density at radius 3 is 2.55 bits per heavy atom. The van der Waals surface area contributed by atoms with E-state index in [1.165, 1.54) is 44.9 Å². The predicted octanol–water partition coefficient (Wildman–Crippen LogP) is 5.72. The van der Waals surface area contributed by atoms with Gasteiger partial charge in [-0.1, -0.05) is 44.4 Å². The average Bonchev–Trinajstić information content (AvgIpc) is 3.44. The predicted molar refractivity (Wildman–Crippen MR) is 149 cm³/mol. The van der Waals surface area contributed by atoms with Gasteiger partial charge in [-0.25, -0.2) is 24.1 Å². The van der Waals surface area contributed by atoms with E-state index in [1.54, 1.807) is 12.1 Å². The SMILES string of the molecule is CC1CCC(Cn2c(C3(c4ccccc4F)CC3)nc3nc(C4NOC(=O)N4)nc(N[C@H](C)C4CCC4)c32)CC1. The lowest BCUT2D eigenvalue weighted by molar-refractivity contribution is 0.120. The number of imidazole rings is 1. The van der Waals surface area contributed by atoms with Crippen LogP contribution in [0.3, 0.4) is 0 Å². The molecule has 1 unspecified atom stereocenters. The van der Waals surface area contributed by atoms with Crippen LogP contribution in [0.4, 0.5) is 15.0 Å². The van der Waals surface area contributed by atoms with E-state index in [-0.39, 0.29) is 11.9 Å². The van der Waals surface area contributed by atoms with Crippen LogP contribution in [0.1, 0.15) is 95.0 Å². The Morgan fingerprint density at radius 1 is 1.12 bits per heavy atom. The molecule has 3 N–H and O–H groups in total. The van der Waals surface area contributed by atoms with Crippen molar-refractivity contribution in [3.8, 4) is 0 Å². The molecule has 0 radical (unpaired) electrons. The van der Waals surface area contributed by atoms with E-state index in [0.29, 0.717) is 28.9 Å². The molecular formula is C30H38FN7O2. The summed E-state index contributed by atoms with van der Waals surface area (Å²) in [5, 5.41) is 6.43. The molecule has 4 fully saturated rings. The summed E-state index contributed by atoms with van der Waals surface area (Å²) in [5.41, 5.74) is 4.34. The molecule has 10 heteroatoms. The van der Waals surface area contributed by atoms with Crippen LogP contribution >= 0.6 is 0 Å². The lowest BCUT2D eigenvalue weighted by atomic mass is 9.80. The van der Waals surface area contributed by atoms with Gasteiger partial charge in [0.15, 0.2) is 23.5 Å². The van der Waals surface area contributed by atoms with E-state index in [2.05, 4.69) is 34.5 Å². The number of anilines is 1. The number of rotatable bonds is 8. The lowest BCUT2D eigenvalue weighted by Crippen LogP contribution is -2.32. The number of halogens is 1. The number of carbonyl (C=O) groups is 1. The number of carbonyl (C=O) groups excluding carboxylic acids is 1. The van der Waals surface area contributed by atoms with Crippen molar-refractivity contribution in [3.63, 3.8) is 0 Å². The first-order valence-electron chi connectivity index (χ1n) is 14.9. The van der Waals surface area contributed by atoms with Gasteiger partial charge >= 0.3 is 6.09 Å². The molecule has 7 rings (SSSR count). The van der Waals surface area contributed by atoms with Crippen LogP contribution in [0, 0.1) is 23.6 Å². The summed E-state index contributed by atoms with van der Waals surface area (Å²) in [4.78, 5) is 31.7. The molecule has 0 spiro atoms. The lowest BCUT2D eigenvalue weighted by Gasteiger charge is -2.32. The summed E-state index contributed by atoms with van der Waals surface area (Å²) < 4.78 is 17.6. The van der Waals surface area contributed by atoms with Gasteiger partial charge in [-0.2, -0.15) is 0 Å². The van der Waals surface area contributed by atoms with Gasteiger partial charge in [0.05, 0.1) is 5.41 Å². The van der Waals surface area contributed by atoms with Gasteiger partial charge < -0.3 is 14.7 Å². The van der Waals surface area contributed by atoms with Gasteiger partial charge in [-0.3, -0.25) is 5.32 Å². The van der Waals surface area contributed by atoms with Crippen molar-refractivity contribution >= 4 is 23.1 Å². The first kappa shape index (κ1) is 25.7. The number of aromatic nitrogens is 4. The van der Waals surface area contributed by atoms with Crippen molar-refractivity contribution in [1.29, 1.82) is 0 Å². The minimum absolute atomic E-state index is 0.191. The summed E-state index contributed by atoms with van der Waals surface area (Å²) in [6, 6.07) is 7.33. The van der Waals surface area contributed by atoms with Crippen LogP contribution in [0.5, 0.6) is 0 Å². The maximum absolute atomic E-state index is 15.3. The van der Waals surface area contributed by atoms with E-state index < -0.39 is 17.7 Å². The number of hydrogen-bond acceptors (Lipinski definition) is 7. The molecule has 40 heavy (non-hydrogen) atoms. The molecule has 0 bridgehead atoms. The van der Waals surface area contributed by atoms with Crippen LogP contribution in [-0.4, -0.2) is 31.7 Å². The highest BCUT2D eigenvalue weighted by Crippen LogP contribution is 2.54. The summed E-state index contributed by atoms with van der Waals surface area (Å²) in [7, 11) is 0. The van der Waals surface area contributed by atoms with Crippen LogP contribution in [0.25, 0.3) is 11.2 Å². The second-order valence-electron chi connectivity index (χ2n) is 12.5. The molecule has 3 aromatic rings. The Bertz CT molecular complexity index is 1420. The average molecular weight is 548 g/mol. The highest BCUT2D eigenvalue weighted by molar-refractivity contribution is 5.85. The monoisotopic (exact) mass is 547 g/mol. The highest BCUT2D eigenvalue weighted by atomic mass is 19.1. The minimum Gasteiger partial charge on any atom is -0.365 e. The number of nitrogens with one attached hydrogen (secondary N) is 3. The molecule has 1 amide bonds. The fourth-order valence-electron chi connectivity index (χ4n) is 6.86.